The van der Waals surface area contributed by atoms with Gasteiger partial charge < -0.3 is 29.9 Å². The van der Waals surface area contributed by atoms with E-state index in [-0.39, 0.29) is 19.5 Å². The number of hydrogen-bond acceptors (Lipinski definition) is 6. The van der Waals surface area contributed by atoms with Crippen molar-refractivity contribution in [3.05, 3.63) is 93.1 Å². The summed E-state index contributed by atoms with van der Waals surface area (Å²) < 4.78 is 240. The van der Waals surface area contributed by atoms with Gasteiger partial charge in [-0.3, -0.25) is 0 Å². The Morgan fingerprint density at radius 1 is 0.228 bits per heavy atom. The number of aromatic nitrogens is 8. The molecule has 0 atom stereocenters. The summed E-state index contributed by atoms with van der Waals surface area (Å²) in [5.41, 5.74) is -11.8. The molecule has 2 aliphatic rings. The fourth-order valence-electron chi connectivity index (χ4n) is 6.10. The van der Waals surface area contributed by atoms with Crippen LogP contribution in [0.25, 0.3) is 89.7 Å². The first-order chi connectivity index (χ1) is 26.4. The number of halogens is 16. The van der Waals surface area contributed by atoms with Crippen molar-refractivity contribution in [3.63, 3.8) is 0 Å². The molecule has 9 rings (SSSR count). The van der Waals surface area contributed by atoms with Gasteiger partial charge in [0.15, 0.2) is 93.1 Å². The van der Waals surface area contributed by atoms with Crippen molar-refractivity contribution in [3.8, 4) is 45.6 Å². The van der Waals surface area contributed by atoms with Crippen molar-refractivity contribution in [1.29, 1.82) is 0 Å². The van der Waals surface area contributed by atoms with Crippen LogP contribution in [0, 0.1) is 93.1 Å². The molecule has 0 amide bonds. The Kier molecular flexibility index (Phi) is 8.17. The first kappa shape index (κ1) is 37.7. The third-order valence-corrected chi connectivity index (χ3v) is 8.55. The molecule has 8 bridgehead atoms. The molecule has 8 nitrogen and oxygen atoms in total. The van der Waals surface area contributed by atoms with E-state index in [0.717, 1.165) is 0 Å². The predicted molar refractivity (Wildman–Crippen MR) is 153 cm³/mol. The minimum absolute atomic E-state index is 0. The monoisotopic (exact) mass is 864 g/mol. The van der Waals surface area contributed by atoms with Crippen LogP contribution in [0.1, 0.15) is 0 Å². The first-order valence-corrected chi connectivity index (χ1v) is 14.6. The van der Waals surface area contributed by atoms with Gasteiger partial charge in [-0.1, -0.05) is 0 Å². The molecule has 0 N–H and O–H groups in total. The van der Waals surface area contributed by atoms with E-state index >= 15 is 35.1 Å². The summed E-state index contributed by atoms with van der Waals surface area (Å²) in [6, 6.07) is 0. The summed E-state index contributed by atoms with van der Waals surface area (Å²) in [6.45, 7) is 0. The van der Waals surface area contributed by atoms with Crippen molar-refractivity contribution >= 4 is 44.1 Å². The average Bonchev–Trinajstić information content (AvgIpc) is 3.92. The number of fused-ring (bicyclic) bond motifs is 20. The molecule has 57 heavy (non-hydrogen) atoms. The van der Waals surface area contributed by atoms with E-state index in [9.17, 15) is 35.1 Å². The fourth-order valence-corrected chi connectivity index (χ4v) is 6.10. The van der Waals surface area contributed by atoms with Crippen molar-refractivity contribution in [2.75, 3.05) is 0 Å². The van der Waals surface area contributed by atoms with Crippen LogP contribution in [0.5, 0.6) is 0 Å². The molecule has 7 aromatic rings. The summed E-state index contributed by atoms with van der Waals surface area (Å²) >= 11 is 0. The van der Waals surface area contributed by atoms with Gasteiger partial charge in [-0.15, -0.1) is 0 Å². The zero-order valence-corrected chi connectivity index (χ0v) is 29.3. The van der Waals surface area contributed by atoms with Crippen LogP contribution in [-0.2, 0) is 19.5 Å². The quantitative estimate of drug-likeness (QED) is 0.0649. The standard InChI is InChI=1S/C32F16N8.Zn/c33-9-1-2(10(34)18(42)17(9)41)26-49-25(1)53-27-3-4(12(36)20(44)19(43)11(3)35)29(50-27)55-31-7-8(16(40)24(48)23(47)15(7)39)32(52-31)56-30-6-5(28(51-30)54-26)13(37)21(45)22(46)14(6)38;/q-2;+2. The second kappa shape index (κ2) is 12.4. The Labute approximate surface area is 312 Å². The van der Waals surface area contributed by atoms with Crippen molar-refractivity contribution in [1.82, 2.24) is 39.9 Å². The average molecular weight is 866 g/mol. The Morgan fingerprint density at radius 3 is 0.596 bits per heavy atom. The summed E-state index contributed by atoms with van der Waals surface area (Å²) in [5, 5.41) is -6.07. The second-order valence-corrected chi connectivity index (χ2v) is 11.5. The van der Waals surface area contributed by atoms with E-state index < -0.39 is 183 Å². The van der Waals surface area contributed by atoms with Crippen molar-refractivity contribution in [2.45, 2.75) is 0 Å². The zero-order chi connectivity index (χ0) is 40.1. The smallest absolute Gasteiger partial charge is 0.357 e. The molecule has 0 saturated carbocycles. The first-order valence-electron chi connectivity index (χ1n) is 14.6. The van der Waals surface area contributed by atoms with Crippen LogP contribution in [-0.4, -0.2) is 29.9 Å². The van der Waals surface area contributed by atoms with Gasteiger partial charge in [0, 0.05) is 44.1 Å². The number of rotatable bonds is 0. The molecule has 25 heteroatoms. The van der Waals surface area contributed by atoms with Crippen LogP contribution in [0.15, 0.2) is 0 Å². The Balaban J connectivity index is 0.00000455. The third-order valence-electron chi connectivity index (χ3n) is 8.55. The molecule has 2 aliphatic heterocycles. The van der Waals surface area contributed by atoms with Crippen LogP contribution < -0.4 is 9.97 Å². The van der Waals surface area contributed by atoms with E-state index in [0.29, 0.717) is 0 Å². The molecule has 0 unspecified atom stereocenters. The molecule has 3 aromatic heterocycles. The zero-order valence-electron chi connectivity index (χ0n) is 26.3. The van der Waals surface area contributed by atoms with E-state index in [1.165, 1.54) is 0 Å². The molecule has 5 heterocycles. The number of benzene rings is 4. The van der Waals surface area contributed by atoms with Crippen LogP contribution in [0.4, 0.5) is 70.2 Å². The van der Waals surface area contributed by atoms with E-state index in [2.05, 4.69) is 39.9 Å². The predicted octanol–water partition coefficient (Wildman–Crippen LogP) is 8.35. The van der Waals surface area contributed by atoms with Gasteiger partial charge in [0.1, 0.15) is 0 Å². The topological polar surface area (TPSA) is 106 Å². The second-order valence-electron chi connectivity index (χ2n) is 11.5. The van der Waals surface area contributed by atoms with Gasteiger partial charge in [0.25, 0.3) is 0 Å². The number of nitrogens with zero attached hydrogens (tertiary/aromatic N) is 8. The molecular formula is C32F16N8Zn. The third kappa shape index (κ3) is 4.80. The maximum absolute atomic E-state index is 15.4. The van der Waals surface area contributed by atoms with Gasteiger partial charge in [0.05, 0.1) is 45.6 Å². The largest absolute Gasteiger partial charge is 2.00 e. The molecular weight excluding hydrogens is 866 g/mol. The van der Waals surface area contributed by atoms with Crippen LogP contribution in [0.2, 0.25) is 0 Å². The molecule has 282 valence electrons. The van der Waals surface area contributed by atoms with Gasteiger partial charge in [0.2, 0.25) is 0 Å². The summed E-state index contributed by atoms with van der Waals surface area (Å²) in [7, 11) is 0. The molecule has 0 spiro atoms. The van der Waals surface area contributed by atoms with Gasteiger partial charge in [-0.25, -0.2) is 80.2 Å². The maximum Gasteiger partial charge on any atom is 2.00 e. The van der Waals surface area contributed by atoms with Gasteiger partial charge in [-0.05, 0) is 0 Å². The normalized spacial score (nSPS) is 12.1. The van der Waals surface area contributed by atoms with Crippen molar-refractivity contribution in [2.24, 2.45) is 0 Å². The Hall–Kier alpha value is -6.26. The van der Waals surface area contributed by atoms with E-state index in [1.807, 2.05) is 0 Å². The van der Waals surface area contributed by atoms with Crippen LogP contribution >= 0.6 is 0 Å². The Bertz CT molecular complexity index is 2820. The summed E-state index contributed by atoms with van der Waals surface area (Å²) in [6.07, 6.45) is 0. The molecule has 0 radical (unpaired) electrons. The Morgan fingerprint density at radius 2 is 0.404 bits per heavy atom. The number of hydrogen-bond donors (Lipinski definition) is 0. The van der Waals surface area contributed by atoms with Crippen LogP contribution in [0.3, 0.4) is 0 Å². The van der Waals surface area contributed by atoms with E-state index in [4.69, 9.17) is 0 Å². The molecule has 0 fully saturated rings. The summed E-state index contributed by atoms with van der Waals surface area (Å²) in [5.74, 6) is -44.8. The van der Waals surface area contributed by atoms with Crippen molar-refractivity contribution < 1.29 is 89.7 Å². The van der Waals surface area contributed by atoms with E-state index in [1.54, 1.807) is 0 Å². The van der Waals surface area contributed by atoms with Gasteiger partial charge in [-0.2, -0.15) is 0 Å². The fraction of sp³-hybridized carbons (Fsp3) is 0. The molecule has 4 aromatic carbocycles. The van der Waals surface area contributed by atoms with Gasteiger partial charge >= 0.3 is 19.5 Å². The minimum atomic E-state index is -2.55. The summed E-state index contributed by atoms with van der Waals surface area (Å²) in [4.78, 5) is 28.3. The maximum atomic E-state index is 15.4. The molecule has 0 aliphatic carbocycles. The molecule has 0 saturated heterocycles. The minimum Gasteiger partial charge on any atom is -0.357 e. The SMILES string of the molecule is Fc1c(F)c(F)c2c(c1F)-c1nc-2nc2[n-]c(nc3nc(nc4[n-]c(n1)c1c(F)c(F)c(F)c(F)c41)-c1c(F)c(F)c(F)c(F)c1-3)c1c(F)c(F)c(F)c(F)c21.[Zn+2].